The summed E-state index contributed by atoms with van der Waals surface area (Å²) in [6, 6.07) is 0. The van der Waals surface area contributed by atoms with E-state index in [1.165, 1.54) is 0 Å². The van der Waals surface area contributed by atoms with Crippen LogP contribution in [0.1, 0.15) is 193 Å². The predicted molar refractivity (Wildman–Crippen MR) is 236 cm³/mol. The van der Waals surface area contributed by atoms with Crippen molar-refractivity contribution in [3.05, 3.63) is 0 Å². The molecule has 0 heterocycles. The maximum atomic E-state index is 5.59. The molecule has 0 amide bonds. The van der Waals surface area contributed by atoms with Crippen LogP contribution in [-0.2, 0) is 28.4 Å². The summed E-state index contributed by atoms with van der Waals surface area (Å²) in [5.41, 5.74) is 2.24. The van der Waals surface area contributed by atoms with Crippen LogP contribution in [0.5, 0.6) is 0 Å². The first kappa shape index (κ1) is 66.6. The van der Waals surface area contributed by atoms with Gasteiger partial charge in [-0.2, -0.15) is 0 Å². The zero-order valence-corrected chi connectivity index (χ0v) is 36.2. The van der Waals surface area contributed by atoms with Crippen LogP contribution in [0, 0.1) is 32.5 Å². The highest BCUT2D eigenvalue weighted by Crippen LogP contribution is 2.21. The number of rotatable bonds is 21. The van der Waals surface area contributed by atoms with Gasteiger partial charge in [0, 0.05) is 39.6 Å². The Bertz CT molecular complexity index is 621. The third-order valence-corrected chi connectivity index (χ3v) is 7.09. The Kier molecular flexibility index (Phi) is 45.1. The molecule has 0 spiro atoms. The summed E-state index contributed by atoms with van der Waals surface area (Å²) in [6.45, 7) is 49.5. The van der Waals surface area contributed by atoms with E-state index in [4.69, 9.17) is 28.4 Å². The van der Waals surface area contributed by atoms with Crippen LogP contribution < -0.4 is 0 Å². The Morgan fingerprint density at radius 2 is 0.288 bits per heavy atom. The summed E-state index contributed by atoms with van der Waals surface area (Å²) < 4.78 is 33.1. The molecule has 0 aromatic carbocycles. The van der Waals surface area contributed by atoms with Crippen LogP contribution >= 0.6 is 0 Å². The molecule has 326 valence electrons. The molecule has 6 nitrogen and oxygen atoms in total. The second kappa shape index (κ2) is 35.2. The van der Waals surface area contributed by atoms with Crippen molar-refractivity contribution in [3.63, 3.8) is 0 Å². The predicted octanol–water partition coefficient (Wildman–Crippen LogP) is 14.2. The standard InChI is InChI=1S/C16H34O3.C14H30O2.C12H26O.4CH4/c1-15(2,3)7-9-17-11-13-19-14-12-18-10-8-16(4,5)6;1-13(2,3)7-9-15-11-12-16-10-8-14(4,5)6;1-11(2,3)7-9-13-10-8-12(4,5)6;;;;/h7-14H2,1-6H3;7-12H2,1-6H3;7-10H2,1-6H3;4*1H4. The van der Waals surface area contributed by atoms with Gasteiger partial charge in [0.2, 0.25) is 0 Å². The van der Waals surface area contributed by atoms with E-state index in [0.717, 1.165) is 91.4 Å². The molecule has 0 bridgehead atoms. The fraction of sp³-hybridized carbons (Fsp3) is 1.00. The molecule has 0 saturated carbocycles. The van der Waals surface area contributed by atoms with Gasteiger partial charge in [0.25, 0.3) is 0 Å². The van der Waals surface area contributed by atoms with Crippen LogP contribution in [0.3, 0.4) is 0 Å². The molecule has 52 heavy (non-hydrogen) atoms. The van der Waals surface area contributed by atoms with Gasteiger partial charge < -0.3 is 28.4 Å². The first-order chi connectivity index (χ1) is 21.6. The molecular formula is C46H106O6. The van der Waals surface area contributed by atoms with Crippen molar-refractivity contribution < 1.29 is 28.4 Å². The van der Waals surface area contributed by atoms with E-state index in [1.807, 2.05) is 0 Å². The normalized spacial score (nSPS) is 12.1. The van der Waals surface area contributed by atoms with E-state index < -0.39 is 0 Å². The molecule has 0 fully saturated rings. The van der Waals surface area contributed by atoms with E-state index in [0.29, 0.717) is 58.9 Å². The van der Waals surface area contributed by atoms with E-state index >= 15 is 0 Å². The third-order valence-electron chi connectivity index (χ3n) is 7.09. The van der Waals surface area contributed by atoms with E-state index in [-0.39, 0.29) is 29.7 Å². The van der Waals surface area contributed by atoms with Gasteiger partial charge in [-0.25, -0.2) is 0 Å². The molecule has 0 aliphatic heterocycles. The molecule has 0 radical (unpaired) electrons. The monoisotopic (exact) mass is 755 g/mol. The van der Waals surface area contributed by atoms with Crippen molar-refractivity contribution >= 4 is 0 Å². The van der Waals surface area contributed by atoms with E-state index in [1.54, 1.807) is 0 Å². The molecule has 0 N–H and O–H groups in total. The van der Waals surface area contributed by atoms with Crippen molar-refractivity contribution in [2.24, 2.45) is 32.5 Å². The highest BCUT2D eigenvalue weighted by molar-refractivity contribution is 4.63. The Morgan fingerprint density at radius 3 is 0.404 bits per heavy atom. The topological polar surface area (TPSA) is 55.4 Å². The minimum absolute atomic E-state index is 0. The van der Waals surface area contributed by atoms with E-state index in [2.05, 4.69) is 125 Å². The quantitative estimate of drug-likeness (QED) is 0.109. The third kappa shape index (κ3) is 78.7. The second-order valence-electron chi connectivity index (χ2n) is 20.5. The van der Waals surface area contributed by atoms with Crippen molar-refractivity contribution in [1.82, 2.24) is 0 Å². The van der Waals surface area contributed by atoms with Crippen molar-refractivity contribution in [2.45, 2.75) is 193 Å². The fourth-order valence-corrected chi connectivity index (χ4v) is 3.24. The van der Waals surface area contributed by atoms with Crippen LogP contribution in [0.15, 0.2) is 0 Å². The van der Waals surface area contributed by atoms with Gasteiger partial charge in [0.1, 0.15) is 0 Å². The zero-order chi connectivity index (χ0) is 38.0. The maximum absolute atomic E-state index is 5.59. The molecule has 0 atom stereocenters. The average Bonchev–Trinajstić information content (AvgIpc) is 2.85. The van der Waals surface area contributed by atoms with Gasteiger partial charge in [-0.05, 0) is 71.0 Å². The zero-order valence-electron chi connectivity index (χ0n) is 36.2. The number of hydrogen-bond donors (Lipinski definition) is 0. The van der Waals surface area contributed by atoms with Gasteiger partial charge >= 0.3 is 0 Å². The first-order valence-corrected chi connectivity index (χ1v) is 19.1. The summed E-state index contributed by atoms with van der Waals surface area (Å²) in [4.78, 5) is 0. The summed E-state index contributed by atoms with van der Waals surface area (Å²) in [6.07, 6.45) is 6.68. The molecule has 0 unspecified atom stereocenters. The first-order valence-electron chi connectivity index (χ1n) is 19.1. The van der Waals surface area contributed by atoms with Crippen molar-refractivity contribution in [3.8, 4) is 0 Å². The molecule has 0 aromatic heterocycles. The number of hydrogen-bond acceptors (Lipinski definition) is 6. The van der Waals surface area contributed by atoms with Crippen LogP contribution in [0.2, 0.25) is 0 Å². The Balaban J connectivity index is -0.000000114. The molecular weight excluding hydrogens is 649 g/mol. The van der Waals surface area contributed by atoms with Gasteiger partial charge in [0.15, 0.2) is 0 Å². The lowest BCUT2D eigenvalue weighted by Crippen LogP contribution is -2.14. The van der Waals surface area contributed by atoms with E-state index in [9.17, 15) is 0 Å². The summed E-state index contributed by atoms with van der Waals surface area (Å²) in [5.74, 6) is 0. The highest BCUT2D eigenvalue weighted by atomic mass is 16.5. The Morgan fingerprint density at radius 1 is 0.192 bits per heavy atom. The van der Waals surface area contributed by atoms with Gasteiger partial charge in [0.05, 0.1) is 39.6 Å². The summed E-state index contributed by atoms with van der Waals surface area (Å²) >= 11 is 0. The molecule has 0 aliphatic rings. The van der Waals surface area contributed by atoms with Crippen LogP contribution in [-0.4, -0.2) is 79.3 Å². The van der Waals surface area contributed by atoms with Crippen molar-refractivity contribution in [1.29, 1.82) is 0 Å². The molecule has 0 aromatic rings. The average molecular weight is 755 g/mol. The number of ether oxygens (including phenoxy) is 6. The lowest BCUT2D eigenvalue weighted by atomic mass is 9.92. The second-order valence-corrected chi connectivity index (χ2v) is 20.5. The lowest BCUT2D eigenvalue weighted by molar-refractivity contribution is 0.00679. The SMILES string of the molecule is C.C.C.C.CC(C)(C)CCOCCC(C)(C)C.CC(C)(C)CCOCCOCCC(C)(C)C.CC(C)(C)CCOCCOCCOCCC(C)(C)C. The van der Waals surface area contributed by atoms with Gasteiger partial charge in [-0.15, -0.1) is 0 Å². The maximum Gasteiger partial charge on any atom is 0.0701 e. The van der Waals surface area contributed by atoms with Gasteiger partial charge in [-0.3, -0.25) is 0 Å². The summed E-state index contributed by atoms with van der Waals surface area (Å²) in [7, 11) is 0. The fourth-order valence-electron chi connectivity index (χ4n) is 3.24. The molecule has 0 saturated heterocycles. The Hall–Kier alpha value is -0.240. The van der Waals surface area contributed by atoms with Crippen LogP contribution in [0.25, 0.3) is 0 Å². The molecule has 0 rings (SSSR count). The minimum atomic E-state index is 0. The smallest absolute Gasteiger partial charge is 0.0701 e. The van der Waals surface area contributed by atoms with Gasteiger partial charge in [-0.1, -0.05) is 154 Å². The molecule has 0 aliphatic carbocycles. The largest absolute Gasteiger partial charge is 0.381 e. The summed E-state index contributed by atoms with van der Waals surface area (Å²) in [5, 5.41) is 0. The lowest BCUT2D eigenvalue weighted by Gasteiger charge is -2.20. The van der Waals surface area contributed by atoms with Crippen molar-refractivity contribution in [2.75, 3.05) is 79.3 Å². The Labute approximate surface area is 332 Å². The minimum Gasteiger partial charge on any atom is -0.381 e. The van der Waals surface area contributed by atoms with Crippen LogP contribution in [0.4, 0.5) is 0 Å². The highest BCUT2D eigenvalue weighted by Gasteiger charge is 2.13. The molecule has 6 heteroatoms.